The van der Waals surface area contributed by atoms with Crippen molar-refractivity contribution < 1.29 is 4.74 Å². The van der Waals surface area contributed by atoms with Crippen molar-refractivity contribution in [2.45, 2.75) is 31.2 Å². The van der Waals surface area contributed by atoms with Crippen LogP contribution in [0.5, 0.6) is 0 Å². The molecule has 3 bridgehead atoms. The third kappa shape index (κ3) is 0.848. The lowest BCUT2D eigenvalue weighted by Gasteiger charge is -2.39. The maximum atomic E-state index is 5.66. The molecule has 0 aromatic rings. The molecule has 4 unspecified atom stereocenters. The van der Waals surface area contributed by atoms with Gasteiger partial charge in [-0.25, -0.2) is 0 Å². The summed E-state index contributed by atoms with van der Waals surface area (Å²) in [6, 6.07) is 0.654. The lowest BCUT2D eigenvalue weighted by atomic mass is 9.85. The molecule has 3 aliphatic rings. The van der Waals surface area contributed by atoms with E-state index in [0.29, 0.717) is 24.2 Å². The van der Waals surface area contributed by atoms with Gasteiger partial charge in [0.25, 0.3) is 0 Å². The van der Waals surface area contributed by atoms with Crippen LogP contribution in [0, 0.1) is 5.92 Å². The molecule has 0 radical (unpaired) electrons. The minimum absolute atomic E-state index is 0.362. The topological polar surface area (TPSA) is 15.7 Å². The first-order chi connectivity index (χ1) is 6.74. The van der Waals surface area contributed by atoms with Gasteiger partial charge in [0.15, 0.2) is 0 Å². The Bertz CT molecular complexity index is 289. The molecule has 3 rings (SSSR count). The van der Waals surface area contributed by atoms with Gasteiger partial charge in [0.05, 0.1) is 12.1 Å². The van der Waals surface area contributed by atoms with Gasteiger partial charge in [-0.05, 0) is 19.9 Å². The van der Waals surface area contributed by atoms with Crippen molar-refractivity contribution in [2.24, 2.45) is 5.92 Å². The normalized spacial score (nSPS) is 45.9. The van der Waals surface area contributed by atoms with Crippen LogP contribution in [0.4, 0.5) is 0 Å². The Morgan fingerprint density at radius 3 is 2.86 bits per heavy atom. The highest BCUT2D eigenvalue weighted by molar-refractivity contribution is 5.27. The third-order valence-electron chi connectivity index (χ3n) is 4.20. The fourth-order valence-electron chi connectivity index (χ4n) is 3.52. The van der Waals surface area contributed by atoms with Crippen molar-refractivity contribution in [3.8, 4) is 0 Å². The van der Waals surface area contributed by atoms with Crippen LogP contribution in [-0.2, 0) is 4.74 Å². The fraction of sp³-hybridized carbons (Fsp3) is 0.818. The van der Waals surface area contributed by atoms with E-state index in [1.54, 1.807) is 0 Å². The Balaban J connectivity index is 2.07. The Labute approximate surface area is 85.3 Å². The summed E-state index contributed by atoms with van der Waals surface area (Å²) in [5, 5.41) is 0. The van der Waals surface area contributed by atoms with Crippen LogP contribution in [0.1, 0.15) is 12.8 Å². The minimum Gasteiger partial charge on any atom is -0.377 e. The number of ether oxygens (including phenoxy) is 1. The number of methoxy groups -OCH3 is 1. The predicted octanol–water partition coefficient (Wildman–Crippen LogP) is 0.881. The summed E-state index contributed by atoms with van der Waals surface area (Å²) in [5.41, 5.74) is 1.53. The molecular weight excluding hydrogens is 176 g/mol. The molecule has 3 heteroatoms. The van der Waals surface area contributed by atoms with E-state index in [4.69, 9.17) is 4.74 Å². The zero-order chi connectivity index (χ0) is 9.87. The zero-order valence-electron chi connectivity index (χ0n) is 9.10. The first-order valence-corrected chi connectivity index (χ1v) is 5.43. The predicted molar refractivity (Wildman–Crippen MR) is 54.7 cm³/mol. The molecule has 4 atom stereocenters. The molecule has 2 aliphatic heterocycles. The van der Waals surface area contributed by atoms with Gasteiger partial charge in [-0.3, -0.25) is 4.90 Å². The van der Waals surface area contributed by atoms with Crippen LogP contribution in [0.25, 0.3) is 0 Å². The van der Waals surface area contributed by atoms with E-state index in [1.807, 2.05) is 7.11 Å². The van der Waals surface area contributed by atoms with Gasteiger partial charge in [0, 0.05) is 25.8 Å². The highest BCUT2D eigenvalue weighted by Crippen LogP contribution is 2.45. The SMILES string of the molecule is COC1C2C=C3C(CC2)N(C)C1N3C. The molecule has 1 fully saturated rings. The summed E-state index contributed by atoms with van der Waals surface area (Å²) in [6.07, 6.45) is 5.86. The van der Waals surface area contributed by atoms with E-state index in [1.165, 1.54) is 18.5 Å². The Hall–Kier alpha value is -0.540. The average molecular weight is 194 g/mol. The van der Waals surface area contributed by atoms with Gasteiger partial charge < -0.3 is 9.64 Å². The largest absolute Gasteiger partial charge is 0.377 e. The van der Waals surface area contributed by atoms with E-state index < -0.39 is 0 Å². The van der Waals surface area contributed by atoms with Gasteiger partial charge in [0.2, 0.25) is 0 Å². The summed E-state index contributed by atoms with van der Waals surface area (Å²) >= 11 is 0. The quantitative estimate of drug-likeness (QED) is 0.616. The first kappa shape index (κ1) is 8.74. The maximum Gasteiger partial charge on any atom is 0.109 e. The second kappa shape index (κ2) is 2.74. The molecule has 2 heterocycles. The van der Waals surface area contributed by atoms with E-state index in [-0.39, 0.29) is 0 Å². The van der Waals surface area contributed by atoms with Crippen LogP contribution < -0.4 is 0 Å². The van der Waals surface area contributed by atoms with Gasteiger partial charge in [0.1, 0.15) is 6.17 Å². The molecule has 0 N–H and O–H groups in total. The van der Waals surface area contributed by atoms with Crippen LogP contribution in [0.3, 0.4) is 0 Å². The summed E-state index contributed by atoms with van der Waals surface area (Å²) in [4.78, 5) is 4.88. The molecule has 0 aromatic heterocycles. The second-order valence-corrected chi connectivity index (χ2v) is 4.74. The van der Waals surface area contributed by atoms with Gasteiger partial charge in [-0.2, -0.15) is 0 Å². The number of likely N-dealkylation sites (tertiary alicyclic amines) is 1. The first-order valence-electron chi connectivity index (χ1n) is 5.43. The number of likely N-dealkylation sites (N-methyl/N-ethyl adjacent to an activating group) is 2. The van der Waals surface area contributed by atoms with Crippen molar-refractivity contribution in [1.29, 1.82) is 0 Å². The lowest BCUT2D eigenvalue weighted by Crippen LogP contribution is -2.49. The monoisotopic (exact) mass is 194 g/mol. The van der Waals surface area contributed by atoms with Crippen LogP contribution in [0.15, 0.2) is 11.8 Å². The van der Waals surface area contributed by atoms with E-state index >= 15 is 0 Å². The van der Waals surface area contributed by atoms with Crippen molar-refractivity contribution >= 4 is 0 Å². The number of nitrogens with zero attached hydrogens (tertiary/aromatic N) is 2. The summed E-state index contributed by atoms with van der Waals surface area (Å²) in [7, 11) is 6.27. The molecule has 14 heavy (non-hydrogen) atoms. The van der Waals surface area contributed by atoms with Crippen LogP contribution in [0.2, 0.25) is 0 Å². The Morgan fingerprint density at radius 2 is 2.14 bits per heavy atom. The maximum absolute atomic E-state index is 5.66. The minimum atomic E-state index is 0.362. The van der Waals surface area contributed by atoms with Crippen LogP contribution >= 0.6 is 0 Å². The van der Waals surface area contributed by atoms with Crippen LogP contribution in [-0.4, -0.2) is 49.3 Å². The molecule has 0 saturated carbocycles. The molecular formula is C11H18N2O. The third-order valence-corrected chi connectivity index (χ3v) is 4.20. The molecule has 1 aliphatic carbocycles. The number of hydrogen-bond acceptors (Lipinski definition) is 3. The molecule has 78 valence electrons. The van der Waals surface area contributed by atoms with Gasteiger partial charge >= 0.3 is 0 Å². The lowest BCUT2D eigenvalue weighted by molar-refractivity contribution is -0.0310. The molecule has 0 aromatic carbocycles. The van der Waals surface area contributed by atoms with E-state index in [9.17, 15) is 0 Å². The van der Waals surface area contributed by atoms with Crippen molar-refractivity contribution in [2.75, 3.05) is 21.2 Å². The summed E-state index contributed by atoms with van der Waals surface area (Å²) in [5.74, 6) is 0.650. The average Bonchev–Trinajstić information content (AvgIpc) is 2.36. The molecule has 3 nitrogen and oxygen atoms in total. The van der Waals surface area contributed by atoms with E-state index in [0.717, 1.165) is 0 Å². The number of rotatable bonds is 1. The van der Waals surface area contributed by atoms with E-state index in [2.05, 4.69) is 30.0 Å². The Morgan fingerprint density at radius 1 is 1.36 bits per heavy atom. The zero-order valence-corrected chi connectivity index (χ0v) is 9.10. The summed E-state index contributed by atoms with van der Waals surface area (Å²) in [6.45, 7) is 0. The van der Waals surface area contributed by atoms with Crippen molar-refractivity contribution in [1.82, 2.24) is 9.80 Å². The highest BCUT2D eigenvalue weighted by Gasteiger charge is 2.51. The smallest absolute Gasteiger partial charge is 0.109 e. The van der Waals surface area contributed by atoms with Gasteiger partial charge in [-0.15, -0.1) is 0 Å². The number of hydrogen-bond donors (Lipinski definition) is 0. The fourth-order valence-corrected chi connectivity index (χ4v) is 3.52. The van der Waals surface area contributed by atoms with Crippen molar-refractivity contribution in [3.63, 3.8) is 0 Å². The Kier molecular flexibility index (Phi) is 1.71. The molecule has 1 saturated heterocycles. The highest BCUT2D eigenvalue weighted by atomic mass is 16.5. The number of fused-ring (bicyclic) bond motifs is 2. The molecule has 0 spiro atoms. The van der Waals surface area contributed by atoms with Crippen molar-refractivity contribution in [3.05, 3.63) is 11.8 Å². The van der Waals surface area contributed by atoms with Gasteiger partial charge in [-0.1, -0.05) is 6.08 Å². The standard InChI is InChI=1S/C11H18N2O/c1-12-8-5-4-7-6-9(8)13(2)11(12)10(7)14-3/h6-8,10-11H,4-5H2,1-3H3. The molecule has 0 amide bonds. The second-order valence-electron chi connectivity index (χ2n) is 4.74. The summed E-state index contributed by atoms with van der Waals surface area (Å²) < 4.78 is 5.66.